The van der Waals surface area contributed by atoms with Gasteiger partial charge in [0.05, 0.1) is 18.3 Å². The molecule has 2 unspecified atom stereocenters. The number of carbonyl (C=O) groups is 1. The number of likely N-dealkylation sites (tertiary alicyclic amines) is 1. The summed E-state index contributed by atoms with van der Waals surface area (Å²) in [4.78, 5) is 19.0. The fourth-order valence-corrected chi connectivity index (χ4v) is 3.75. The van der Waals surface area contributed by atoms with E-state index in [2.05, 4.69) is 15.6 Å². The summed E-state index contributed by atoms with van der Waals surface area (Å²) in [5.41, 5.74) is -0.520. The second-order valence-corrected chi connectivity index (χ2v) is 10.8. The minimum Gasteiger partial charge on any atom is -0.444 e. The lowest BCUT2D eigenvalue weighted by atomic mass is 10.0. The Morgan fingerprint density at radius 1 is 1.31 bits per heavy atom. The van der Waals surface area contributed by atoms with Crippen LogP contribution in [0.15, 0.2) is 4.99 Å². The summed E-state index contributed by atoms with van der Waals surface area (Å²) in [6.45, 7) is 11.4. The molecule has 2 N–H and O–H groups in total. The average Bonchev–Trinajstić information content (AvgIpc) is 2.56. The Bertz CT molecular complexity index is 635. The number of guanidine groups is 1. The molecule has 1 heterocycles. The summed E-state index contributed by atoms with van der Waals surface area (Å²) in [6.07, 6.45) is 4.40. The van der Waals surface area contributed by atoms with E-state index in [1.165, 1.54) is 6.26 Å². The van der Waals surface area contributed by atoms with E-state index < -0.39 is 15.4 Å². The van der Waals surface area contributed by atoms with Crippen LogP contribution in [0.1, 0.15) is 60.3 Å². The van der Waals surface area contributed by atoms with Gasteiger partial charge in [0, 0.05) is 25.4 Å². The molecule has 0 saturated carbocycles. The second kappa shape index (κ2) is 12.8. The van der Waals surface area contributed by atoms with Crippen LogP contribution in [-0.2, 0) is 14.6 Å². The molecule has 0 aliphatic carbocycles. The number of amides is 1. The van der Waals surface area contributed by atoms with E-state index in [1.807, 2.05) is 34.6 Å². The van der Waals surface area contributed by atoms with Crippen molar-refractivity contribution in [2.24, 2.45) is 4.99 Å². The van der Waals surface area contributed by atoms with Gasteiger partial charge in [0.15, 0.2) is 5.96 Å². The fraction of sp³-hybridized carbons (Fsp3) is 0.895. The molecule has 29 heavy (non-hydrogen) atoms. The molecule has 0 spiro atoms. The molecule has 0 aromatic rings. The van der Waals surface area contributed by atoms with Crippen molar-refractivity contribution < 1.29 is 17.9 Å². The largest absolute Gasteiger partial charge is 0.444 e. The van der Waals surface area contributed by atoms with Gasteiger partial charge >= 0.3 is 6.09 Å². The van der Waals surface area contributed by atoms with Gasteiger partial charge in [-0.2, -0.15) is 0 Å². The van der Waals surface area contributed by atoms with Crippen molar-refractivity contribution in [1.82, 2.24) is 15.5 Å². The number of piperidine rings is 1. The van der Waals surface area contributed by atoms with Crippen LogP contribution in [0, 0.1) is 0 Å². The second-order valence-electron chi connectivity index (χ2n) is 8.51. The van der Waals surface area contributed by atoms with Crippen molar-refractivity contribution in [1.29, 1.82) is 0 Å². The predicted octanol–water partition coefficient (Wildman–Crippen LogP) is 2.77. The monoisotopic (exact) mass is 546 g/mol. The lowest BCUT2D eigenvalue weighted by Crippen LogP contribution is -2.48. The van der Waals surface area contributed by atoms with E-state index in [0.29, 0.717) is 32.0 Å². The third-order valence-corrected chi connectivity index (χ3v) is 5.34. The molecule has 0 aromatic carbocycles. The Balaban J connectivity index is 0.00000784. The van der Waals surface area contributed by atoms with Crippen molar-refractivity contribution in [2.45, 2.75) is 78.0 Å². The van der Waals surface area contributed by atoms with Gasteiger partial charge in [-0.25, -0.2) is 13.2 Å². The summed E-state index contributed by atoms with van der Waals surface area (Å²) >= 11 is 0. The van der Waals surface area contributed by atoms with Crippen LogP contribution >= 0.6 is 24.0 Å². The van der Waals surface area contributed by atoms with E-state index in [0.717, 1.165) is 19.3 Å². The summed E-state index contributed by atoms with van der Waals surface area (Å²) in [5, 5.41) is 6.44. The van der Waals surface area contributed by atoms with E-state index in [-0.39, 0.29) is 47.9 Å². The van der Waals surface area contributed by atoms with Crippen LogP contribution in [0.5, 0.6) is 0 Å². The lowest BCUT2D eigenvalue weighted by molar-refractivity contribution is 0.0109. The first-order valence-electron chi connectivity index (χ1n) is 10.1. The Kier molecular flexibility index (Phi) is 12.5. The van der Waals surface area contributed by atoms with Crippen molar-refractivity contribution in [3.63, 3.8) is 0 Å². The minimum absolute atomic E-state index is 0. The molecule has 172 valence electrons. The third kappa shape index (κ3) is 12.5. The molecule has 0 radical (unpaired) electrons. The Morgan fingerprint density at radius 3 is 2.52 bits per heavy atom. The summed E-state index contributed by atoms with van der Waals surface area (Å²) < 4.78 is 28.3. The molecule has 1 amide bonds. The maximum atomic E-state index is 12.5. The molecular formula is C19H39IN4O4S. The number of carbonyl (C=O) groups excluding carboxylic acids is 1. The number of rotatable bonds is 7. The molecule has 2 atom stereocenters. The van der Waals surface area contributed by atoms with Crippen LogP contribution in [-0.4, -0.2) is 74.7 Å². The molecule has 1 aliphatic heterocycles. The van der Waals surface area contributed by atoms with Crippen LogP contribution in [0.4, 0.5) is 4.79 Å². The van der Waals surface area contributed by atoms with Gasteiger partial charge in [-0.05, 0) is 60.3 Å². The SMILES string of the molecule is CCNC(=NCC1CCCCN1C(=O)OC(C)(C)C)NC(C)CCS(C)(=O)=O.I. The number of halogens is 1. The first-order valence-corrected chi connectivity index (χ1v) is 12.2. The number of hydrogen-bond acceptors (Lipinski definition) is 5. The van der Waals surface area contributed by atoms with E-state index in [4.69, 9.17) is 4.74 Å². The van der Waals surface area contributed by atoms with E-state index in [9.17, 15) is 13.2 Å². The smallest absolute Gasteiger partial charge is 0.410 e. The fourth-order valence-electron chi connectivity index (χ4n) is 2.96. The number of aliphatic imine (C=N–C) groups is 1. The minimum atomic E-state index is -2.99. The number of nitrogens with zero attached hydrogens (tertiary/aromatic N) is 2. The van der Waals surface area contributed by atoms with Gasteiger partial charge in [0.1, 0.15) is 15.4 Å². The first kappa shape index (κ1) is 28.2. The van der Waals surface area contributed by atoms with Crippen molar-refractivity contribution >= 4 is 45.9 Å². The maximum Gasteiger partial charge on any atom is 0.410 e. The molecule has 1 rings (SSSR count). The highest BCUT2D eigenvalue weighted by atomic mass is 127. The van der Waals surface area contributed by atoms with Gasteiger partial charge < -0.3 is 20.3 Å². The third-order valence-electron chi connectivity index (χ3n) is 4.36. The molecule has 0 bridgehead atoms. The topological polar surface area (TPSA) is 100 Å². The first-order chi connectivity index (χ1) is 12.9. The number of hydrogen-bond donors (Lipinski definition) is 2. The van der Waals surface area contributed by atoms with Gasteiger partial charge in [-0.1, -0.05) is 0 Å². The highest BCUT2D eigenvalue weighted by Gasteiger charge is 2.30. The molecule has 10 heteroatoms. The van der Waals surface area contributed by atoms with E-state index in [1.54, 1.807) is 4.90 Å². The van der Waals surface area contributed by atoms with Gasteiger partial charge in [-0.15, -0.1) is 24.0 Å². The van der Waals surface area contributed by atoms with Crippen molar-refractivity contribution in [3.05, 3.63) is 0 Å². The summed E-state index contributed by atoms with van der Waals surface area (Å²) in [6, 6.07) is -0.0220. The van der Waals surface area contributed by atoms with Crippen LogP contribution < -0.4 is 10.6 Å². The Morgan fingerprint density at radius 2 is 1.97 bits per heavy atom. The van der Waals surface area contributed by atoms with Crippen LogP contribution in [0.3, 0.4) is 0 Å². The zero-order valence-corrected chi connectivity index (χ0v) is 21.8. The zero-order valence-electron chi connectivity index (χ0n) is 18.7. The lowest BCUT2D eigenvalue weighted by Gasteiger charge is -2.36. The Hall–Kier alpha value is -0.780. The zero-order chi connectivity index (χ0) is 21.4. The van der Waals surface area contributed by atoms with Crippen LogP contribution in [0.2, 0.25) is 0 Å². The van der Waals surface area contributed by atoms with Gasteiger partial charge in [0.2, 0.25) is 0 Å². The molecule has 8 nitrogen and oxygen atoms in total. The Labute approximate surface area is 193 Å². The summed E-state index contributed by atoms with van der Waals surface area (Å²) in [7, 11) is -2.99. The standard InChI is InChI=1S/C19H38N4O4S.HI/c1-7-20-17(22-15(2)11-13-28(6,25)26)21-14-16-10-8-9-12-23(16)18(24)27-19(3,4)5;/h15-16H,7-14H2,1-6H3,(H2,20,21,22);1H. The molecule has 1 saturated heterocycles. The summed E-state index contributed by atoms with van der Waals surface area (Å²) in [5.74, 6) is 0.772. The molecule has 0 aromatic heterocycles. The normalized spacial score (nSPS) is 19.2. The van der Waals surface area contributed by atoms with Gasteiger partial charge in [-0.3, -0.25) is 4.99 Å². The van der Waals surface area contributed by atoms with Gasteiger partial charge in [0.25, 0.3) is 0 Å². The predicted molar refractivity (Wildman–Crippen MR) is 129 cm³/mol. The number of sulfone groups is 1. The van der Waals surface area contributed by atoms with E-state index >= 15 is 0 Å². The number of ether oxygens (including phenoxy) is 1. The quantitative estimate of drug-likeness (QED) is 0.290. The highest BCUT2D eigenvalue weighted by molar-refractivity contribution is 14.0. The molecule has 1 fully saturated rings. The van der Waals surface area contributed by atoms with Crippen molar-refractivity contribution in [2.75, 3.05) is 31.6 Å². The van der Waals surface area contributed by atoms with Crippen molar-refractivity contribution in [3.8, 4) is 0 Å². The highest BCUT2D eigenvalue weighted by Crippen LogP contribution is 2.20. The van der Waals surface area contributed by atoms with Crippen LogP contribution in [0.25, 0.3) is 0 Å². The maximum absolute atomic E-state index is 12.5. The average molecular weight is 547 g/mol. The molecule has 1 aliphatic rings. The molecular weight excluding hydrogens is 507 g/mol. The number of nitrogens with one attached hydrogen (secondary N) is 2.